The summed E-state index contributed by atoms with van der Waals surface area (Å²) in [4.78, 5) is 0. The maximum Gasteiger partial charge on any atom is 0.0590 e. The van der Waals surface area contributed by atoms with Crippen LogP contribution >= 0.6 is 11.6 Å². The van der Waals surface area contributed by atoms with Crippen LogP contribution in [0.4, 0.5) is 0 Å². The van der Waals surface area contributed by atoms with Crippen molar-refractivity contribution in [2.24, 2.45) is 0 Å². The van der Waals surface area contributed by atoms with Crippen LogP contribution in [0.15, 0.2) is 12.1 Å². The molecule has 1 aromatic rings. The van der Waals surface area contributed by atoms with Crippen molar-refractivity contribution in [3.8, 4) is 0 Å². The van der Waals surface area contributed by atoms with Crippen molar-refractivity contribution >= 4 is 11.6 Å². The Bertz CT molecular complexity index is 328. The van der Waals surface area contributed by atoms with E-state index in [2.05, 4.69) is 26.0 Å². The second kappa shape index (κ2) is 3.34. The summed E-state index contributed by atoms with van der Waals surface area (Å²) in [6, 6.07) is 4.40. The summed E-state index contributed by atoms with van der Waals surface area (Å²) >= 11 is 6.32. The molecule has 1 aliphatic carbocycles. The first-order chi connectivity index (χ1) is 6.20. The molecule has 0 amide bonds. The number of alkyl halides is 1. The highest BCUT2D eigenvalue weighted by atomic mass is 35.5. The largest absolute Gasteiger partial charge is 0.118 e. The van der Waals surface area contributed by atoms with E-state index in [1.54, 1.807) is 0 Å². The van der Waals surface area contributed by atoms with Crippen LogP contribution in [-0.4, -0.2) is 0 Å². The first-order valence-corrected chi connectivity index (χ1v) is 5.37. The maximum absolute atomic E-state index is 6.32. The zero-order chi connectivity index (χ0) is 9.42. The predicted octanol–water partition coefficient (Wildman–Crippen LogP) is 3.92. The lowest BCUT2D eigenvalue weighted by molar-refractivity contribution is 0.660. The van der Waals surface area contributed by atoms with Gasteiger partial charge in [0.25, 0.3) is 0 Å². The van der Waals surface area contributed by atoms with E-state index in [9.17, 15) is 0 Å². The van der Waals surface area contributed by atoms with Gasteiger partial charge in [0, 0.05) is 0 Å². The van der Waals surface area contributed by atoms with Gasteiger partial charge in [0.1, 0.15) is 0 Å². The lowest BCUT2D eigenvalue weighted by Gasteiger charge is -2.24. The third-order valence-corrected chi connectivity index (χ3v) is 3.44. The van der Waals surface area contributed by atoms with E-state index in [1.807, 2.05) is 0 Å². The molecule has 0 radical (unpaired) electrons. The Morgan fingerprint density at radius 1 is 1.23 bits per heavy atom. The molecule has 0 aromatic heterocycles. The van der Waals surface area contributed by atoms with Crippen molar-refractivity contribution in [1.29, 1.82) is 0 Å². The number of hydrogen-bond donors (Lipinski definition) is 0. The fourth-order valence-electron chi connectivity index (χ4n) is 2.26. The van der Waals surface area contributed by atoms with Gasteiger partial charge < -0.3 is 0 Å². The van der Waals surface area contributed by atoms with E-state index in [1.165, 1.54) is 35.1 Å². The van der Waals surface area contributed by atoms with Gasteiger partial charge in [-0.2, -0.15) is 0 Å². The van der Waals surface area contributed by atoms with Gasteiger partial charge in [0.05, 0.1) is 5.38 Å². The smallest absolute Gasteiger partial charge is 0.0590 e. The Balaban J connectivity index is 2.60. The quantitative estimate of drug-likeness (QED) is 0.550. The van der Waals surface area contributed by atoms with E-state index >= 15 is 0 Å². The lowest BCUT2D eigenvalue weighted by atomic mass is 9.85. The number of hydrogen-bond acceptors (Lipinski definition) is 0. The predicted molar refractivity (Wildman–Crippen MR) is 57.4 cm³/mol. The van der Waals surface area contributed by atoms with Crippen LogP contribution in [0, 0.1) is 13.8 Å². The van der Waals surface area contributed by atoms with Gasteiger partial charge in [-0.05, 0) is 55.4 Å². The minimum absolute atomic E-state index is 0.253. The summed E-state index contributed by atoms with van der Waals surface area (Å²) in [7, 11) is 0. The van der Waals surface area contributed by atoms with E-state index in [0.717, 1.165) is 6.42 Å². The summed E-state index contributed by atoms with van der Waals surface area (Å²) in [5, 5.41) is 0.253. The molecule has 70 valence electrons. The molecule has 1 aromatic carbocycles. The highest BCUT2D eigenvalue weighted by Gasteiger charge is 2.20. The molecule has 0 fully saturated rings. The molecular weight excluding hydrogens is 180 g/mol. The van der Waals surface area contributed by atoms with Crippen molar-refractivity contribution in [1.82, 2.24) is 0 Å². The average molecular weight is 195 g/mol. The summed E-state index contributed by atoms with van der Waals surface area (Å²) < 4.78 is 0. The minimum atomic E-state index is 0.253. The van der Waals surface area contributed by atoms with Gasteiger partial charge in [-0.25, -0.2) is 0 Å². The van der Waals surface area contributed by atoms with Crippen molar-refractivity contribution in [3.63, 3.8) is 0 Å². The molecule has 0 nitrogen and oxygen atoms in total. The zero-order valence-corrected chi connectivity index (χ0v) is 8.99. The monoisotopic (exact) mass is 194 g/mol. The summed E-state index contributed by atoms with van der Waals surface area (Å²) in [6.07, 6.45) is 3.59. The third-order valence-electron chi connectivity index (χ3n) is 3.01. The summed E-state index contributed by atoms with van der Waals surface area (Å²) in [5.41, 5.74) is 5.69. The maximum atomic E-state index is 6.32. The summed E-state index contributed by atoms with van der Waals surface area (Å²) in [6.45, 7) is 4.35. The van der Waals surface area contributed by atoms with E-state index in [0.29, 0.717) is 0 Å². The second-order valence-electron chi connectivity index (χ2n) is 3.95. The van der Waals surface area contributed by atoms with Gasteiger partial charge in [-0.15, -0.1) is 11.6 Å². The molecule has 2 rings (SSSR count). The van der Waals surface area contributed by atoms with Gasteiger partial charge in [0.15, 0.2) is 0 Å². The van der Waals surface area contributed by atoms with Crippen LogP contribution in [0.5, 0.6) is 0 Å². The van der Waals surface area contributed by atoms with Gasteiger partial charge in [-0.3, -0.25) is 0 Å². The molecule has 1 heteroatoms. The van der Waals surface area contributed by atoms with Crippen molar-refractivity contribution in [2.75, 3.05) is 0 Å². The molecule has 0 unspecified atom stereocenters. The third kappa shape index (κ3) is 1.48. The molecule has 0 saturated heterocycles. The van der Waals surface area contributed by atoms with Gasteiger partial charge >= 0.3 is 0 Å². The standard InChI is InChI=1S/C12H15Cl/c1-8-6-7-9(2)12-10(8)4-3-5-11(12)13/h6-7,11H,3-5H2,1-2H3/t11-/m0/s1. The highest BCUT2D eigenvalue weighted by Crippen LogP contribution is 2.37. The normalized spacial score (nSPS) is 21.3. The Kier molecular flexibility index (Phi) is 2.33. The first-order valence-electron chi connectivity index (χ1n) is 4.93. The fraction of sp³-hybridized carbons (Fsp3) is 0.500. The van der Waals surface area contributed by atoms with Crippen LogP contribution in [0.25, 0.3) is 0 Å². The Hall–Kier alpha value is -0.490. The van der Waals surface area contributed by atoms with Crippen molar-refractivity contribution < 1.29 is 0 Å². The lowest BCUT2D eigenvalue weighted by Crippen LogP contribution is -2.09. The topological polar surface area (TPSA) is 0 Å². The van der Waals surface area contributed by atoms with Crippen LogP contribution in [0.3, 0.4) is 0 Å². The minimum Gasteiger partial charge on any atom is -0.118 e. The number of halogens is 1. The highest BCUT2D eigenvalue weighted by molar-refractivity contribution is 6.21. The Morgan fingerprint density at radius 3 is 2.62 bits per heavy atom. The van der Waals surface area contributed by atoms with Crippen LogP contribution in [0.1, 0.15) is 40.5 Å². The molecule has 0 bridgehead atoms. The molecule has 0 spiro atoms. The molecule has 13 heavy (non-hydrogen) atoms. The average Bonchev–Trinajstić information content (AvgIpc) is 2.12. The van der Waals surface area contributed by atoms with Gasteiger partial charge in [0.2, 0.25) is 0 Å². The first kappa shape index (κ1) is 9.08. The van der Waals surface area contributed by atoms with Crippen molar-refractivity contribution in [2.45, 2.75) is 38.5 Å². The van der Waals surface area contributed by atoms with Crippen LogP contribution < -0.4 is 0 Å². The van der Waals surface area contributed by atoms with Crippen molar-refractivity contribution in [3.05, 3.63) is 34.4 Å². The molecular formula is C12H15Cl. The van der Waals surface area contributed by atoms with Crippen LogP contribution in [0.2, 0.25) is 0 Å². The van der Waals surface area contributed by atoms with E-state index < -0.39 is 0 Å². The van der Waals surface area contributed by atoms with E-state index in [4.69, 9.17) is 11.6 Å². The van der Waals surface area contributed by atoms with Crippen LogP contribution in [-0.2, 0) is 6.42 Å². The molecule has 1 aliphatic rings. The SMILES string of the molecule is Cc1ccc(C)c2c1CCC[C@@H]2Cl. The molecule has 0 aliphatic heterocycles. The Labute approximate surface area is 84.9 Å². The molecule has 0 heterocycles. The number of aryl methyl sites for hydroxylation is 2. The van der Waals surface area contributed by atoms with Gasteiger partial charge in [-0.1, -0.05) is 12.1 Å². The number of rotatable bonds is 0. The molecule has 0 N–H and O–H groups in total. The zero-order valence-electron chi connectivity index (χ0n) is 8.23. The van der Waals surface area contributed by atoms with E-state index in [-0.39, 0.29) is 5.38 Å². The Morgan fingerprint density at radius 2 is 1.92 bits per heavy atom. The molecule has 1 atom stereocenters. The summed E-state index contributed by atoms with van der Waals surface area (Å²) in [5.74, 6) is 0. The fourth-order valence-corrected chi connectivity index (χ4v) is 2.72. The number of benzene rings is 1. The second-order valence-corrected chi connectivity index (χ2v) is 4.48. The number of fused-ring (bicyclic) bond motifs is 1. The molecule has 0 saturated carbocycles.